The summed E-state index contributed by atoms with van der Waals surface area (Å²) in [4.78, 5) is 27.2. The number of morpholine rings is 1. The molecule has 33 heavy (non-hydrogen) atoms. The van der Waals surface area contributed by atoms with E-state index in [2.05, 4.69) is 25.6 Å². The second-order valence-electron chi connectivity index (χ2n) is 8.22. The Bertz CT molecular complexity index is 1220. The lowest BCUT2D eigenvalue weighted by Crippen LogP contribution is -2.41. The van der Waals surface area contributed by atoms with E-state index in [-0.39, 0.29) is 5.91 Å². The summed E-state index contributed by atoms with van der Waals surface area (Å²) in [6, 6.07) is 3.95. The predicted octanol–water partition coefficient (Wildman–Crippen LogP) is 3.17. The molecule has 11 heteroatoms. The zero-order valence-corrected chi connectivity index (χ0v) is 18.6. The van der Waals surface area contributed by atoms with Crippen LogP contribution < -0.4 is 20.1 Å². The molecule has 1 aliphatic carbocycles. The molecule has 1 aromatic carbocycles. The zero-order valence-electron chi connectivity index (χ0n) is 17.8. The number of rotatable bonds is 5. The summed E-state index contributed by atoms with van der Waals surface area (Å²) < 4.78 is 17.2. The third-order valence-electron chi connectivity index (χ3n) is 5.87. The lowest BCUT2D eigenvalue weighted by atomic mass is 10.1. The number of hydrogen-bond acceptors (Lipinski definition) is 8. The average Bonchev–Trinajstić information content (AvgIpc) is 3.59. The van der Waals surface area contributed by atoms with Gasteiger partial charge in [-0.1, -0.05) is 11.6 Å². The number of amides is 1. The van der Waals surface area contributed by atoms with E-state index in [0.29, 0.717) is 90.7 Å². The third-order valence-corrected chi connectivity index (χ3v) is 6.16. The normalized spacial score (nSPS) is 17.8. The lowest BCUT2D eigenvalue weighted by Gasteiger charge is -2.29. The van der Waals surface area contributed by atoms with Crippen molar-refractivity contribution in [2.45, 2.75) is 18.9 Å². The molecule has 1 saturated heterocycles. The third kappa shape index (κ3) is 3.89. The Morgan fingerprint density at radius 2 is 1.88 bits per heavy atom. The molecule has 3 aliphatic rings. The number of halogens is 1. The first-order valence-electron chi connectivity index (χ1n) is 11.0. The van der Waals surface area contributed by atoms with E-state index in [9.17, 15) is 4.79 Å². The van der Waals surface area contributed by atoms with Gasteiger partial charge in [0.25, 0.3) is 5.91 Å². The lowest BCUT2D eigenvalue weighted by molar-refractivity contribution is 0.0298. The minimum atomic E-state index is -0.0961. The molecule has 1 saturated carbocycles. The fourth-order valence-electron chi connectivity index (χ4n) is 4.04. The topological polar surface area (TPSA) is 114 Å². The van der Waals surface area contributed by atoms with Gasteiger partial charge in [-0.05, 0) is 25.0 Å². The maximum atomic E-state index is 13.1. The van der Waals surface area contributed by atoms with Gasteiger partial charge < -0.3 is 34.7 Å². The molecule has 2 fully saturated rings. The molecule has 4 heterocycles. The molecule has 0 atom stereocenters. The van der Waals surface area contributed by atoms with Crippen LogP contribution in [0.25, 0.3) is 11.0 Å². The molecule has 6 rings (SSSR count). The Morgan fingerprint density at radius 3 is 2.67 bits per heavy atom. The number of fused-ring (bicyclic) bond motifs is 2. The van der Waals surface area contributed by atoms with E-state index in [1.54, 1.807) is 23.2 Å². The molecular formula is C22H23ClN6O4. The molecule has 3 aromatic rings. The number of benzene rings is 1. The highest BCUT2D eigenvalue weighted by atomic mass is 35.5. The molecular weight excluding hydrogens is 448 g/mol. The van der Waals surface area contributed by atoms with Gasteiger partial charge in [0.15, 0.2) is 11.5 Å². The molecule has 2 aliphatic heterocycles. The van der Waals surface area contributed by atoms with Crippen molar-refractivity contribution in [1.82, 2.24) is 19.9 Å². The smallest absolute Gasteiger partial charge is 0.257 e. The number of hydrogen-bond donors (Lipinski definition) is 3. The molecule has 3 N–H and O–H groups in total. The van der Waals surface area contributed by atoms with Crippen LogP contribution in [0.3, 0.4) is 0 Å². The zero-order chi connectivity index (χ0) is 22.4. The van der Waals surface area contributed by atoms with Crippen LogP contribution in [0.5, 0.6) is 11.5 Å². The van der Waals surface area contributed by atoms with Gasteiger partial charge in [0.05, 0.1) is 34.9 Å². The average molecular weight is 471 g/mol. The van der Waals surface area contributed by atoms with Crippen LogP contribution in [-0.4, -0.2) is 71.3 Å². The van der Waals surface area contributed by atoms with Crippen LogP contribution in [0.15, 0.2) is 18.3 Å². The molecule has 0 bridgehead atoms. The molecule has 0 unspecified atom stereocenters. The Hall–Kier alpha value is -3.24. The van der Waals surface area contributed by atoms with Crippen molar-refractivity contribution >= 4 is 46.0 Å². The van der Waals surface area contributed by atoms with Crippen molar-refractivity contribution in [3.63, 3.8) is 0 Å². The van der Waals surface area contributed by atoms with Crippen LogP contribution >= 0.6 is 11.6 Å². The Morgan fingerprint density at radius 1 is 1.09 bits per heavy atom. The van der Waals surface area contributed by atoms with E-state index >= 15 is 0 Å². The van der Waals surface area contributed by atoms with Gasteiger partial charge in [-0.15, -0.1) is 0 Å². The van der Waals surface area contributed by atoms with Gasteiger partial charge in [0.2, 0.25) is 5.95 Å². The summed E-state index contributed by atoms with van der Waals surface area (Å²) in [5.41, 5.74) is 1.73. The molecule has 172 valence electrons. The molecule has 2 aromatic heterocycles. The second kappa shape index (κ2) is 8.27. The van der Waals surface area contributed by atoms with E-state index in [1.807, 2.05) is 0 Å². The van der Waals surface area contributed by atoms with Crippen molar-refractivity contribution in [2.75, 3.05) is 50.2 Å². The van der Waals surface area contributed by atoms with E-state index in [4.69, 9.17) is 25.8 Å². The first-order chi connectivity index (χ1) is 16.2. The van der Waals surface area contributed by atoms with Gasteiger partial charge >= 0.3 is 0 Å². The number of carbonyl (C=O) groups is 1. The number of aromatic amines is 1. The molecule has 0 spiro atoms. The monoisotopic (exact) mass is 470 g/mol. The summed E-state index contributed by atoms with van der Waals surface area (Å²) >= 11 is 6.35. The number of anilines is 3. The standard InChI is InChI=1S/C22H23ClN6O4/c23-14-11-24-19-16(14)20(25-12-1-2-12)28-22(27-19)26-15-4-3-13(17-18(15)33-10-9-32-17)21(30)29-5-7-31-8-6-29/h3-4,11-12H,1-2,5-10H2,(H3,24,25,26,27,28). The van der Waals surface area contributed by atoms with Crippen molar-refractivity contribution < 1.29 is 19.0 Å². The minimum absolute atomic E-state index is 0.0961. The number of nitrogens with one attached hydrogen (secondary N) is 3. The van der Waals surface area contributed by atoms with E-state index in [0.717, 1.165) is 18.2 Å². The molecule has 0 radical (unpaired) electrons. The maximum absolute atomic E-state index is 13.1. The molecule has 10 nitrogen and oxygen atoms in total. The van der Waals surface area contributed by atoms with Gasteiger partial charge in [-0.25, -0.2) is 0 Å². The highest BCUT2D eigenvalue weighted by Gasteiger charge is 2.29. The van der Waals surface area contributed by atoms with Crippen LogP contribution in [-0.2, 0) is 4.74 Å². The summed E-state index contributed by atoms with van der Waals surface area (Å²) in [5.74, 6) is 1.88. The quantitative estimate of drug-likeness (QED) is 0.521. The second-order valence-corrected chi connectivity index (χ2v) is 8.63. The van der Waals surface area contributed by atoms with Crippen molar-refractivity contribution in [3.8, 4) is 11.5 Å². The van der Waals surface area contributed by atoms with Crippen molar-refractivity contribution in [2.24, 2.45) is 0 Å². The first kappa shape index (κ1) is 20.4. The van der Waals surface area contributed by atoms with E-state index < -0.39 is 0 Å². The molecule has 1 amide bonds. The number of H-pyrrole nitrogens is 1. The Labute approximate surface area is 194 Å². The maximum Gasteiger partial charge on any atom is 0.257 e. The summed E-state index contributed by atoms with van der Waals surface area (Å²) in [6.45, 7) is 2.93. The minimum Gasteiger partial charge on any atom is -0.485 e. The van der Waals surface area contributed by atoms with Gasteiger partial charge in [-0.2, -0.15) is 9.97 Å². The van der Waals surface area contributed by atoms with Crippen molar-refractivity contribution in [3.05, 3.63) is 28.9 Å². The summed E-state index contributed by atoms with van der Waals surface area (Å²) in [6.07, 6.45) is 3.91. The van der Waals surface area contributed by atoms with Crippen LogP contribution in [0.4, 0.5) is 17.5 Å². The first-order valence-corrected chi connectivity index (χ1v) is 11.4. The fourth-order valence-corrected chi connectivity index (χ4v) is 4.27. The SMILES string of the molecule is O=C(c1ccc(Nc2nc(NC3CC3)c3c(Cl)c[nH]c3n2)c2c1OCCO2)N1CCOCC1. The van der Waals surface area contributed by atoms with Gasteiger partial charge in [-0.3, -0.25) is 4.79 Å². The van der Waals surface area contributed by atoms with Gasteiger partial charge in [0, 0.05) is 25.3 Å². The Balaban J connectivity index is 1.35. The van der Waals surface area contributed by atoms with Crippen LogP contribution in [0.1, 0.15) is 23.2 Å². The van der Waals surface area contributed by atoms with Crippen LogP contribution in [0, 0.1) is 0 Å². The Kier molecular flexibility index (Phi) is 5.11. The predicted molar refractivity (Wildman–Crippen MR) is 123 cm³/mol. The van der Waals surface area contributed by atoms with Crippen LogP contribution in [0.2, 0.25) is 5.02 Å². The number of carbonyl (C=O) groups excluding carboxylic acids is 1. The van der Waals surface area contributed by atoms with Crippen molar-refractivity contribution in [1.29, 1.82) is 0 Å². The number of ether oxygens (including phenoxy) is 3. The highest BCUT2D eigenvalue weighted by Crippen LogP contribution is 2.42. The van der Waals surface area contributed by atoms with Gasteiger partial charge in [0.1, 0.15) is 24.7 Å². The fraction of sp³-hybridized carbons (Fsp3) is 0.409. The highest BCUT2D eigenvalue weighted by molar-refractivity contribution is 6.36. The largest absolute Gasteiger partial charge is 0.485 e. The number of aromatic nitrogens is 3. The van der Waals surface area contributed by atoms with E-state index in [1.165, 1.54) is 0 Å². The summed E-state index contributed by atoms with van der Waals surface area (Å²) in [7, 11) is 0. The summed E-state index contributed by atoms with van der Waals surface area (Å²) in [5, 5.41) is 8.00. The number of nitrogens with zero attached hydrogens (tertiary/aromatic N) is 3.